The Kier molecular flexibility index (Phi) is 11.8. The van der Waals surface area contributed by atoms with Crippen molar-refractivity contribution < 1.29 is 32.3 Å². The predicted octanol–water partition coefficient (Wildman–Crippen LogP) is 5.25. The van der Waals surface area contributed by atoms with Crippen LogP contribution in [0.25, 0.3) is 0 Å². The molecular weight excluding hydrogens is 424 g/mol. The van der Waals surface area contributed by atoms with E-state index in [0.29, 0.717) is 43.1 Å². The highest BCUT2D eigenvalue weighted by Gasteiger charge is 2.39. The van der Waals surface area contributed by atoms with Crippen molar-refractivity contribution in [2.75, 3.05) is 39.8 Å². The van der Waals surface area contributed by atoms with Gasteiger partial charge < -0.3 is 27.5 Å². The minimum absolute atomic E-state index is 0.335. The van der Waals surface area contributed by atoms with E-state index in [9.17, 15) is 4.79 Å². The molecule has 1 rings (SSSR count). The average Bonchev–Trinajstić information content (AvgIpc) is 2.71. The summed E-state index contributed by atoms with van der Waals surface area (Å²) in [6.45, 7) is 11.1. The molecule has 0 spiro atoms. The Morgan fingerprint density at radius 3 is 1.87 bits per heavy atom. The van der Waals surface area contributed by atoms with Crippen LogP contribution in [0.2, 0.25) is 6.04 Å². The van der Waals surface area contributed by atoms with Crippen LogP contribution in [-0.4, -0.2) is 53.9 Å². The molecule has 0 saturated carbocycles. The van der Waals surface area contributed by atoms with Crippen LogP contribution in [0.15, 0.2) is 18.2 Å². The molecule has 172 valence electrons. The summed E-state index contributed by atoms with van der Waals surface area (Å²) in [5.74, 6) is 1.88. The second kappa shape index (κ2) is 13.2. The number of carbonyl (C=O) groups excluding carboxylic acids is 1. The molecule has 0 fully saturated rings. The van der Waals surface area contributed by atoms with E-state index in [0.717, 1.165) is 23.7 Å². The van der Waals surface area contributed by atoms with Gasteiger partial charge in [0.1, 0.15) is 17.1 Å². The molecule has 0 aliphatic carbocycles. The molecule has 1 aromatic rings. The van der Waals surface area contributed by atoms with Gasteiger partial charge in [0.2, 0.25) is 0 Å². The lowest BCUT2D eigenvalue weighted by molar-refractivity contribution is 0.0559. The van der Waals surface area contributed by atoms with E-state index in [4.69, 9.17) is 27.5 Å². The molecule has 1 aromatic carbocycles. The van der Waals surface area contributed by atoms with Gasteiger partial charge in [-0.05, 0) is 64.9 Å². The molecule has 0 aromatic heterocycles. The van der Waals surface area contributed by atoms with Crippen molar-refractivity contribution >= 4 is 25.9 Å². The molecule has 0 amide bonds. The van der Waals surface area contributed by atoms with Crippen LogP contribution in [-0.2, 0) is 23.6 Å². The lowest BCUT2D eigenvalue weighted by Gasteiger charge is -2.28. The van der Waals surface area contributed by atoms with E-state index in [-0.39, 0.29) is 5.30 Å². The van der Waals surface area contributed by atoms with Crippen LogP contribution >= 0.6 is 11.8 Å². The first-order chi connectivity index (χ1) is 14.3. The SMILES string of the molecule is CCO[Si](CCCSC(=O)OC(C)(C)c1cc(OC)cc(OC)c1)(OCC)OCC. The lowest BCUT2D eigenvalue weighted by atomic mass is 9.97. The van der Waals surface area contributed by atoms with Gasteiger partial charge in [-0.25, -0.2) is 4.79 Å². The second-order valence-electron chi connectivity index (χ2n) is 6.90. The highest BCUT2D eigenvalue weighted by Crippen LogP contribution is 2.33. The highest BCUT2D eigenvalue weighted by atomic mass is 32.2. The standard InChI is InChI=1S/C21H36O7SSi/c1-8-25-30(26-9-2,27-10-3)13-11-12-29-20(22)28-21(4,5)17-14-18(23-6)16-19(15-17)24-7/h14-16H,8-13H2,1-7H3. The number of hydrogen-bond acceptors (Lipinski definition) is 8. The first-order valence-electron chi connectivity index (χ1n) is 10.3. The molecule has 0 radical (unpaired) electrons. The van der Waals surface area contributed by atoms with E-state index in [2.05, 4.69) is 0 Å². The Morgan fingerprint density at radius 2 is 1.43 bits per heavy atom. The molecule has 7 nitrogen and oxygen atoms in total. The summed E-state index contributed by atoms with van der Waals surface area (Å²) >= 11 is 1.14. The Balaban J connectivity index is 2.65. The number of methoxy groups -OCH3 is 2. The van der Waals surface area contributed by atoms with Crippen LogP contribution in [0.4, 0.5) is 4.79 Å². The molecular formula is C21H36O7SSi. The number of ether oxygens (including phenoxy) is 3. The molecule has 30 heavy (non-hydrogen) atoms. The first-order valence-corrected chi connectivity index (χ1v) is 13.2. The zero-order chi connectivity index (χ0) is 22.6. The third-order valence-corrected chi connectivity index (χ3v) is 8.29. The van der Waals surface area contributed by atoms with Gasteiger partial charge in [0, 0.05) is 43.2 Å². The van der Waals surface area contributed by atoms with Crippen molar-refractivity contribution in [3.63, 3.8) is 0 Å². The summed E-state index contributed by atoms with van der Waals surface area (Å²) in [5, 5.41) is -0.335. The van der Waals surface area contributed by atoms with E-state index in [1.807, 2.05) is 46.8 Å². The second-order valence-corrected chi connectivity index (χ2v) is 10.7. The molecule has 0 unspecified atom stereocenters. The molecule has 0 N–H and O–H groups in total. The van der Waals surface area contributed by atoms with Crippen molar-refractivity contribution in [3.8, 4) is 11.5 Å². The Morgan fingerprint density at radius 1 is 0.933 bits per heavy atom. The zero-order valence-corrected chi connectivity index (χ0v) is 21.1. The highest BCUT2D eigenvalue weighted by molar-refractivity contribution is 8.13. The number of hydrogen-bond donors (Lipinski definition) is 0. The Hall–Kier alpha value is -1.26. The lowest BCUT2D eigenvalue weighted by Crippen LogP contribution is -2.46. The van der Waals surface area contributed by atoms with E-state index in [1.165, 1.54) is 0 Å². The molecule has 0 saturated heterocycles. The van der Waals surface area contributed by atoms with Gasteiger partial charge in [0.15, 0.2) is 0 Å². The van der Waals surface area contributed by atoms with Gasteiger partial charge >= 0.3 is 14.1 Å². The maximum Gasteiger partial charge on any atom is 0.500 e. The fourth-order valence-electron chi connectivity index (χ4n) is 2.90. The summed E-state index contributed by atoms with van der Waals surface area (Å²) in [6, 6.07) is 6.13. The van der Waals surface area contributed by atoms with Gasteiger partial charge in [0.05, 0.1) is 14.2 Å². The number of rotatable bonds is 14. The smallest absolute Gasteiger partial charge is 0.497 e. The predicted molar refractivity (Wildman–Crippen MR) is 122 cm³/mol. The average molecular weight is 461 g/mol. The fourth-order valence-corrected chi connectivity index (χ4v) is 6.49. The molecule has 0 aliphatic heterocycles. The van der Waals surface area contributed by atoms with Crippen molar-refractivity contribution in [3.05, 3.63) is 23.8 Å². The minimum atomic E-state index is -2.68. The Bertz CT molecular complexity index is 615. The summed E-state index contributed by atoms with van der Waals surface area (Å²) in [4.78, 5) is 12.4. The van der Waals surface area contributed by atoms with Gasteiger partial charge in [-0.15, -0.1) is 0 Å². The van der Waals surface area contributed by atoms with Crippen LogP contribution in [0.3, 0.4) is 0 Å². The molecule has 0 atom stereocenters. The number of thioether (sulfide) groups is 1. The third-order valence-electron chi connectivity index (χ3n) is 4.33. The van der Waals surface area contributed by atoms with Crippen LogP contribution < -0.4 is 9.47 Å². The van der Waals surface area contributed by atoms with Gasteiger partial charge in [-0.2, -0.15) is 0 Å². The fraction of sp³-hybridized carbons (Fsp3) is 0.667. The third kappa shape index (κ3) is 8.47. The van der Waals surface area contributed by atoms with Crippen LogP contribution in [0, 0.1) is 0 Å². The Labute approximate surface area is 186 Å². The van der Waals surface area contributed by atoms with E-state index in [1.54, 1.807) is 20.3 Å². The van der Waals surface area contributed by atoms with E-state index < -0.39 is 14.4 Å². The first kappa shape index (κ1) is 26.8. The van der Waals surface area contributed by atoms with Crippen molar-refractivity contribution in [2.24, 2.45) is 0 Å². The summed E-state index contributed by atoms with van der Waals surface area (Å²) in [7, 11) is 0.492. The zero-order valence-electron chi connectivity index (χ0n) is 19.2. The normalized spacial score (nSPS) is 12.0. The van der Waals surface area contributed by atoms with Gasteiger partial charge in [-0.1, -0.05) is 0 Å². The summed E-state index contributed by atoms with van der Waals surface area (Å²) in [5.41, 5.74) is -0.0325. The largest absolute Gasteiger partial charge is 0.500 e. The monoisotopic (exact) mass is 460 g/mol. The van der Waals surface area contributed by atoms with E-state index >= 15 is 0 Å². The molecule has 0 aliphatic rings. The van der Waals surface area contributed by atoms with Gasteiger partial charge in [0.25, 0.3) is 0 Å². The number of carbonyl (C=O) groups is 1. The van der Waals surface area contributed by atoms with Gasteiger partial charge in [-0.3, -0.25) is 0 Å². The topological polar surface area (TPSA) is 72.5 Å². The molecule has 9 heteroatoms. The van der Waals surface area contributed by atoms with Crippen LogP contribution in [0.5, 0.6) is 11.5 Å². The maximum atomic E-state index is 12.4. The quantitative estimate of drug-likeness (QED) is 0.212. The summed E-state index contributed by atoms with van der Waals surface area (Å²) < 4.78 is 33.9. The maximum absolute atomic E-state index is 12.4. The van der Waals surface area contributed by atoms with Crippen LogP contribution in [0.1, 0.15) is 46.6 Å². The number of benzene rings is 1. The molecule has 0 heterocycles. The van der Waals surface area contributed by atoms with Crippen molar-refractivity contribution in [2.45, 2.75) is 52.7 Å². The van der Waals surface area contributed by atoms with Crippen molar-refractivity contribution in [1.82, 2.24) is 0 Å². The summed E-state index contributed by atoms with van der Waals surface area (Å²) in [6.07, 6.45) is 0.736. The van der Waals surface area contributed by atoms with Crippen molar-refractivity contribution in [1.29, 1.82) is 0 Å². The molecule has 0 bridgehead atoms. The minimum Gasteiger partial charge on any atom is -0.497 e.